The van der Waals surface area contributed by atoms with Crippen LogP contribution in [0, 0.1) is 0 Å². The molecule has 0 saturated carbocycles. The number of halogens is 3. The number of carboxylic acid groups (broad SMARTS) is 2. The van der Waals surface area contributed by atoms with Gasteiger partial charge >= 0.3 is 24.1 Å². The molecule has 0 aliphatic carbocycles. The van der Waals surface area contributed by atoms with Crippen molar-refractivity contribution in [1.29, 1.82) is 0 Å². The number of benzene rings is 3. The van der Waals surface area contributed by atoms with Crippen LogP contribution >= 0.6 is 0 Å². The molecule has 1 aliphatic heterocycles. The van der Waals surface area contributed by atoms with E-state index in [-0.39, 0.29) is 30.0 Å². The van der Waals surface area contributed by atoms with Gasteiger partial charge in [-0.25, -0.2) is 14.4 Å². The fourth-order valence-corrected chi connectivity index (χ4v) is 4.04. The number of ether oxygens (including phenoxy) is 1. The standard InChI is InChI=1S/C26H22N2O10.C2HF3O2/c29-14-6-4-12(5-7-14)24(34)28-16-10-27-11-20(16)38-26(37)13-8-18(31)22(19(32)9-13)23(33)21-15(25(35)36)2-1-3-17(21)30;3-2(4,5)1(6)7/h1-9,16,20,27,29-32H,10-11H2,(H,28,34)(H,35,36);(H,6,7)/t16-,20-;/m1./s1. The molecule has 0 unspecified atom stereocenters. The van der Waals surface area contributed by atoms with Crippen LogP contribution in [0.3, 0.4) is 0 Å². The first kappa shape index (κ1) is 33.7. The number of alkyl halides is 3. The van der Waals surface area contributed by atoms with Gasteiger partial charge in [-0.2, -0.15) is 13.2 Å². The number of aromatic hydroxyl groups is 4. The molecule has 14 nitrogen and oxygen atoms in total. The van der Waals surface area contributed by atoms with Crippen LogP contribution in [0.5, 0.6) is 23.0 Å². The lowest BCUT2D eigenvalue weighted by Crippen LogP contribution is -2.44. The minimum atomic E-state index is -5.08. The second kappa shape index (κ2) is 13.6. The fraction of sp³-hybridized carbons (Fsp3) is 0.179. The molecule has 1 amide bonds. The van der Waals surface area contributed by atoms with E-state index in [9.17, 15) is 57.9 Å². The Labute approximate surface area is 249 Å². The quantitative estimate of drug-likeness (QED) is 0.137. The first-order chi connectivity index (χ1) is 21.0. The molecule has 1 saturated heterocycles. The molecular weight excluding hydrogens is 613 g/mol. The SMILES string of the molecule is O=C(N[C@@H]1CNC[C@H]1OC(=O)c1cc(O)c(C(=O)c2c(O)cccc2C(=O)O)c(O)c1)c1ccc(O)cc1.O=C(O)C(F)(F)F. The zero-order valence-corrected chi connectivity index (χ0v) is 22.5. The van der Waals surface area contributed by atoms with Crippen LogP contribution in [0.15, 0.2) is 54.6 Å². The summed E-state index contributed by atoms with van der Waals surface area (Å²) in [5.74, 6) is -9.24. The Balaban J connectivity index is 0.000000707. The van der Waals surface area contributed by atoms with E-state index < -0.39 is 81.9 Å². The summed E-state index contributed by atoms with van der Waals surface area (Å²) >= 11 is 0. The third kappa shape index (κ3) is 8.17. The van der Waals surface area contributed by atoms with E-state index >= 15 is 0 Å². The number of phenols is 4. The number of carboxylic acids is 2. The lowest BCUT2D eigenvalue weighted by Gasteiger charge is -2.21. The van der Waals surface area contributed by atoms with E-state index in [0.29, 0.717) is 0 Å². The lowest BCUT2D eigenvalue weighted by molar-refractivity contribution is -0.192. The van der Waals surface area contributed by atoms with Crippen molar-refractivity contribution in [1.82, 2.24) is 10.6 Å². The van der Waals surface area contributed by atoms with Gasteiger partial charge < -0.3 is 46.0 Å². The van der Waals surface area contributed by atoms with Gasteiger partial charge in [-0.05, 0) is 48.5 Å². The summed E-state index contributed by atoms with van der Waals surface area (Å²) in [5.41, 5.74) is -1.95. The van der Waals surface area contributed by atoms with E-state index in [4.69, 9.17) is 14.6 Å². The molecule has 3 aromatic carbocycles. The Hall–Kier alpha value is -5.84. The highest BCUT2D eigenvalue weighted by Gasteiger charge is 2.38. The van der Waals surface area contributed by atoms with Crippen LogP contribution < -0.4 is 10.6 Å². The Morgan fingerprint density at radius 2 is 1.38 bits per heavy atom. The van der Waals surface area contributed by atoms with Crippen molar-refractivity contribution >= 4 is 29.6 Å². The van der Waals surface area contributed by atoms with Gasteiger partial charge in [0.05, 0.1) is 22.7 Å². The van der Waals surface area contributed by atoms with Crippen molar-refractivity contribution in [2.24, 2.45) is 0 Å². The second-order valence-corrected chi connectivity index (χ2v) is 9.26. The number of carbonyl (C=O) groups is 5. The molecule has 3 aromatic rings. The first-order valence-electron chi connectivity index (χ1n) is 12.5. The Morgan fingerprint density at radius 1 is 0.800 bits per heavy atom. The van der Waals surface area contributed by atoms with Crippen molar-refractivity contribution in [2.75, 3.05) is 13.1 Å². The summed E-state index contributed by atoms with van der Waals surface area (Å²) in [6, 6.07) is 10.0. The van der Waals surface area contributed by atoms with E-state index in [0.717, 1.165) is 24.3 Å². The van der Waals surface area contributed by atoms with Crippen molar-refractivity contribution in [3.05, 3.63) is 82.4 Å². The molecule has 0 radical (unpaired) electrons. The molecule has 17 heteroatoms. The second-order valence-electron chi connectivity index (χ2n) is 9.26. The van der Waals surface area contributed by atoms with E-state index in [1.165, 1.54) is 30.3 Å². The highest BCUT2D eigenvalue weighted by atomic mass is 19.4. The molecule has 4 rings (SSSR count). The van der Waals surface area contributed by atoms with Crippen molar-refractivity contribution in [3.8, 4) is 23.0 Å². The normalized spacial score (nSPS) is 15.7. The smallest absolute Gasteiger partial charge is 0.490 e. The summed E-state index contributed by atoms with van der Waals surface area (Å²) in [6.45, 7) is 0.490. The van der Waals surface area contributed by atoms with Crippen molar-refractivity contribution in [3.63, 3.8) is 0 Å². The summed E-state index contributed by atoms with van der Waals surface area (Å²) in [4.78, 5) is 58.6. The number of nitrogens with one attached hydrogen (secondary N) is 2. The minimum absolute atomic E-state index is 0.00184. The maximum atomic E-state index is 13.0. The molecule has 1 fully saturated rings. The Bertz CT molecular complexity index is 1620. The molecule has 238 valence electrons. The van der Waals surface area contributed by atoms with Gasteiger partial charge in [-0.3, -0.25) is 9.59 Å². The van der Waals surface area contributed by atoms with E-state index in [1.54, 1.807) is 0 Å². The molecule has 0 spiro atoms. The molecular formula is C28H23F3N2O12. The van der Waals surface area contributed by atoms with Crippen LogP contribution in [-0.2, 0) is 9.53 Å². The maximum absolute atomic E-state index is 13.0. The van der Waals surface area contributed by atoms with Gasteiger partial charge in [-0.15, -0.1) is 0 Å². The zero-order chi connectivity index (χ0) is 33.6. The molecule has 0 aromatic heterocycles. The van der Waals surface area contributed by atoms with Crippen LogP contribution in [0.4, 0.5) is 13.2 Å². The highest BCUT2D eigenvalue weighted by Crippen LogP contribution is 2.35. The predicted molar refractivity (Wildman–Crippen MR) is 143 cm³/mol. The molecule has 45 heavy (non-hydrogen) atoms. The topological polar surface area (TPSA) is 240 Å². The molecule has 2 atom stereocenters. The number of amides is 1. The monoisotopic (exact) mass is 636 g/mol. The molecule has 8 N–H and O–H groups in total. The van der Waals surface area contributed by atoms with Crippen molar-refractivity contribution < 1.29 is 72.5 Å². The van der Waals surface area contributed by atoms with Gasteiger partial charge in [0.25, 0.3) is 5.91 Å². The van der Waals surface area contributed by atoms with Gasteiger partial charge in [-0.1, -0.05) is 6.07 Å². The summed E-state index contributed by atoms with van der Waals surface area (Å²) in [5, 5.41) is 62.5. The number of hydrogen-bond donors (Lipinski definition) is 8. The highest BCUT2D eigenvalue weighted by molar-refractivity contribution is 6.18. The van der Waals surface area contributed by atoms with E-state index in [2.05, 4.69) is 10.6 Å². The largest absolute Gasteiger partial charge is 0.508 e. The number of aliphatic carboxylic acids is 1. The third-order valence-corrected chi connectivity index (χ3v) is 6.16. The number of carbonyl (C=O) groups excluding carboxylic acids is 3. The van der Waals surface area contributed by atoms with Crippen molar-refractivity contribution in [2.45, 2.75) is 18.3 Å². The van der Waals surface area contributed by atoms with Crippen LogP contribution in [0.2, 0.25) is 0 Å². The summed E-state index contributed by atoms with van der Waals surface area (Å²) in [7, 11) is 0. The summed E-state index contributed by atoms with van der Waals surface area (Å²) < 4.78 is 37.2. The Kier molecular flexibility index (Phi) is 10.2. The zero-order valence-electron chi connectivity index (χ0n) is 22.5. The molecule has 0 bridgehead atoms. The van der Waals surface area contributed by atoms with Gasteiger partial charge in [0.1, 0.15) is 34.7 Å². The maximum Gasteiger partial charge on any atom is 0.490 e. The van der Waals surface area contributed by atoms with Crippen LogP contribution in [-0.4, -0.2) is 91.6 Å². The minimum Gasteiger partial charge on any atom is -0.508 e. The molecule has 1 heterocycles. The molecule has 1 aliphatic rings. The summed E-state index contributed by atoms with van der Waals surface area (Å²) in [6.07, 6.45) is -5.89. The number of rotatable bonds is 7. The lowest BCUT2D eigenvalue weighted by atomic mass is 9.95. The van der Waals surface area contributed by atoms with Crippen LogP contribution in [0.1, 0.15) is 47.0 Å². The number of phenolic OH excluding ortho intramolecular Hbond substituents is 4. The van der Waals surface area contributed by atoms with Gasteiger partial charge in [0.15, 0.2) is 0 Å². The van der Waals surface area contributed by atoms with Gasteiger partial charge in [0, 0.05) is 18.7 Å². The predicted octanol–water partition coefficient (Wildman–Crippen LogP) is 2.00. The number of aromatic carboxylic acids is 1. The van der Waals surface area contributed by atoms with E-state index in [1.807, 2.05) is 0 Å². The fourth-order valence-electron chi connectivity index (χ4n) is 4.04. The number of hydrogen-bond acceptors (Lipinski definition) is 11. The average Bonchev–Trinajstić information content (AvgIpc) is 3.38. The first-order valence-corrected chi connectivity index (χ1v) is 12.5. The number of ketones is 1. The number of esters is 1. The Morgan fingerprint density at radius 3 is 1.91 bits per heavy atom. The third-order valence-electron chi connectivity index (χ3n) is 6.16. The van der Waals surface area contributed by atoms with Gasteiger partial charge in [0.2, 0.25) is 5.78 Å². The van der Waals surface area contributed by atoms with Crippen LogP contribution in [0.25, 0.3) is 0 Å². The average molecular weight is 636 g/mol.